The molecule has 0 aromatic heterocycles. The molecule has 1 unspecified atom stereocenters. The molecule has 0 heterocycles. The smallest absolute Gasteiger partial charge is 0.321 e. The molecule has 2 N–H and O–H groups in total. The van der Waals surface area contributed by atoms with Gasteiger partial charge in [-0.1, -0.05) is 63.4 Å². The van der Waals surface area contributed by atoms with Crippen LogP contribution in [0.25, 0.3) is 0 Å². The van der Waals surface area contributed by atoms with E-state index in [1.165, 1.54) is 19.3 Å². The molecule has 3 heteroatoms. The van der Waals surface area contributed by atoms with E-state index < -0.39 is 12.0 Å². The average molecular weight is 277 g/mol. The monoisotopic (exact) mass is 277 g/mol. The van der Waals surface area contributed by atoms with Gasteiger partial charge in [-0.05, 0) is 30.9 Å². The van der Waals surface area contributed by atoms with Crippen molar-refractivity contribution in [2.45, 2.75) is 52.0 Å². The fourth-order valence-corrected chi connectivity index (χ4v) is 2.35. The van der Waals surface area contributed by atoms with Gasteiger partial charge in [-0.3, -0.25) is 4.79 Å². The van der Waals surface area contributed by atoms with Gasteiger partial charge in [0, 0.05) is 0 Å². The van der Waals surface area contributed by atoms with Gasteiger partial charge >= 0.3 is 5.97 Å². The van der Waals surface area contributed by atoms with Crippen LogP contribution in [0.5, 0.6) is 0 Å². The lowest BCUT2D eigenvalue weighted by atomic mass is 9.98. The lowest BCUT2D eigenvalue weighted by Crippen LogP contribution is -2.41. The molecule has 3 nitrogen and oxygen atoms in total. The topological polar surface area (TPSA) is 49.3 Å². The minimum atomic E-state index is -0.765. The maximum Gasteiger partial charge on any atom is 0.321 e. The van der Waals surface area contributed by atoms with Crippen molar-refractivity contribution in [3.63, 3.8) is 0 Å². The molecule has 1 aromatic carbocycles. The number of carboxylic acids is 1. The van der Waals surface area contributed by atoms with Crippen LogP contribution < -0.4 is 5.32 Å². The lowest BCUT2D eigenvalue weighted by molar-refractivity contribution is -0.139. The summed E-state index contributed by atoms with van der Waals surface area (Å²) < 4.78 is 0. The van der Waals surface area contributed by atoms with E-state index in [1.807, 2.05) is 30.3 Å². The highest BCUT2D eigenvalue weighted by Crippen LogP contribution is 2.12. The predicted octanol–water partition coefficient (Wildman–Crippen LogP) is 3.49. The summed E-state index contributed by atoms with van der Waals surface area (Å²) in [5, 5.41) is 12.6. The number of hydrogen-bond donors (Lipinski definition) is 2. The fourth-order valence-electron chi connectivity index (χ4n) is 2.35. The van der Waals surface area contributed by atoms with Crippen molar-refractivity contribution in [3.05, 3.63) is 35.9 Å². The van der Waals surface area contributed by atoms with E-state index >= 15 is 0 Å². The highest BCUT2D eigenvalue weighted by molar-refractivity contribution is 5.73. The summed E-state index contributed by atoms with van der Waals surface area (Å²) in [4.78, 5) is 11.4. The largest absolute Gasteiger partial charge is 0.480 e. The Morgan fingerprint density at radius 2 is 1.95 bits per heavy atom. The van der Waals surface area contributed by atoms with Gasteiger partial charge in [0.05, 0.1) is 0 Å². The Kier molecular flexibility index (Phi) is 7.97. The van der Waals surface area contributed by atoms with E-state index in [-0.39, 0.29) is 0 Å². The first kappa shape index (κ1) is 16.7. The zero-order chi connectivity index (χ0) is 14.8. The van der Waals surface area contributed by atoms with Crippen molar-refractivity contribution in [1.29, 1.82) is 0 Å². The summed E-state index contributed by atoms with van der Waals surface area (Å²) in [6.07, 6.45) is 5.24. The predicted molar refractivity (Wildman–Crippen MR) is 82.9 cm³/mol. The van der Waals surface area contributed by atoms with Crippen LogP contribution in [0.3, 0.4) is 0 Å². The molecule has 0 spiro atoms. The first-order valence-electron chi connectivity index (χ1n) is 7.67. The molecule has 0 amide bonds. The molecule has 0 aliphatic rings. The first-order valence-corrected chi connectivity index (χ1v) is 7.67. The molecule has 112 valence electrons. The third-order valence-corrected chi connectivity index (χ3v) is 3.78. The van der Waals surface area contributed by atoms with Crippen molar-refractivity contribution >= 4 is 5.97 Å². The number of aliphatic carboxylic acids is 1. The van der Waals surface area contributed by atoms with Crippen LogP contribution >= 0.6 is 0 Å². The van der Waals surface area contributed by atoms with E-state index in [9.17, 15) is 9.90 Å². The second kappa shape index (κ2) is 9.54. The van der Waals surface area contributed by atoms with Crippen LogP contribution in [0, 0.1) is 5.92 Å². The molecule has 1 aromatic rings. The van der Waals surface area contributed by atoms with Crippen LogP contribution in [0.2, 0.25) is 0 Å². The van der Waals surface area contributed by atoms with Crippen molar-refractivity contribution in [2.24, 2.45) is 5.92 Å². The molecule has 0 aliphatic heterocycles. The lowest BCUT2D eigenvalue weighted by Gasteiger charge is -2.20. The van der Waals surface area contributed by atoms with Gasteiger partial charge < -0.3 is 10.4 Å². The van der Waals surface area contributed by atoms with Gasteiger partial charge in [0.25, 0.3) is 0 Å². The van der Waals surface area contributed by atoms with Crippen LogP contribution in [0.15, 0.2) is 30.3 Å². The van der Waals surface area contributed by atoms with E-state index in [4.69, 9.17) is 0 Å². The summed E-state index contributed by atoms with van der Waals surface area (Å²) in [6, 6.07) is 9.31. The third kappa shape index (κ3) is 6.20. The molecule has 0 saturated carbocycles. The Morgan fingerprint density at radius 3 is 2.50 bits per heavy atom. The fraction of sp³-hybridized carbons (Fsp3) is 0.588. The van der Waals surface area contributed by atoms with Gasteiger partial charge in [0.15, 0.2) is 0 Å². The number of rotatable bonds is 10. The standard InChI is InChI=1S/C17H27NO2/c1-3-5-9-14(4-2)13-18-16(17(19)20)12-15-10-7-6-8-11-15/h6-8,10-11,14,16,18H,3-5,9,12-13H2,1-2H3,(H,19,20)/t14?,16-/m0/s1. The van der Waals surface area contributed by atoms with Gasteiger partial charge in [-0.25, -0.2) is 0 Å². The zero-order valence-corrected chi connectivity index (χ0v) is 12.6. The Balaban J connectivity index is 2.48. The number of hydrogen-bond acceptors (Lipinski definition) is 2. The second-order valence-electron chi connectivity index (χ2n) is 5.41. The van der Waals surface area contributed by atoms with Crippen molar-refractivity contribution in [1.82, 2.24) is 5.32 Å². The molecule has 0 saturated heterocycles. The molecule has 20 heavy (non-hydrogen) atoms. The summed E-state index contributed by atoms with van der Waals surface area (Å²) in [7, 11) is 0. The minimum Gasteiger partial charge on any atom is -0.480 e. The van der Waals surface area contributed by atoms with E-state index in [2.05, 4.69) is 19.2 Å². The van der Waals surface area contributed by atoms with Crippen molar-refractivity contribution in [2.75, 3.05) is 6.54 Å². The summed E-state index contributed by atoms with van der Waals surface area (Å²) in [5.41, 5.74) is 1.06. The SMILES string of the molecule is CCCCC(CC)CN[C@@H](Cc1ccccc1)C(=O)O. The molecular formula is C17H27NO2. The highest BCUT2D eigenvalue weighted by Gasteiger charge is 2.18. The highest BCUT2D eigenvalue weighted by atomic mass is 16.4. The minimum absolute atomic E-state index is 0.493. The number of nitrogens with one attached hydrogen (secondary N) is 1. The number of carbonyl (C=O) groups is 1. The molecule has 0 aliphatic carbocycles. The van der Waals surface area contributed by atoms with E-state index in [0.717, 1.165) is 18.5 Å². The number of unbranched alkanes of at least 4 members (excludes halogenated alkanes) is 1. The molecule has 0 fully saturated rings. The Bertz CT molecular complexity index is 378. The van der Waals surface area contributed by atoms with Crippen molar-refractivity contribution in [3.8, 4) is 0 Å². The van der Waals surface area contributed by atoms with Crippen LogP contribution in [0.4, 0.5) is 0 Å². The third-order valence-electron chi connectivity index (χ3n) is 3.78. The summed E-state index contributed by atoms with van der Waals surface area (Å²) in [5.74, 6) is -0.188. The average Bonchev–Trinajstić information content (AvgIpc) is 2.47. The van der Waals surface area contributed by atoms with Crippen molar-refractivity contribution < 1.29 is 9.90 Å². The normalized spacial score (nSPS) is 13.9. The maximum absolute atomic E-state index is 11.4. The first-order chi connectivity index (χ1) is 9.67. The second-order valence-corrected chi connectivity index (χ2v) is 5.41. The summed E-state index contributed by atoms with van der Waals surface area (Å²) in [6.45, 7) is 5.16. The Hall–Kier alpha value is -1.35. The number of benzene rings is 1. The molecule has 1 rings (SSSR count). The molecule has 0 radical (unpaired) electrons. The van der Waals surface area contributed by atoms with Crippen LogP contribution in [-0.2, 0) is 11.2 Å². The summed E-state index contributed by atoms with van der Waals surface area (Å²) >= 11 is 0. The van der Waals surface area contributed by atoms with Crippen LogP contribution in [0.1, 0.15) is 45.1 Å². The quantitative estimate of drug-likeness (QED) is 0.688. The Morgan fingerprint density at radius 1 is 1.25 bits per heavy atom. The van der Waals surface area contributed by atoms with Crippen LogP contribution in [-0.4, -0.2) is 23.7 Å². The van der Waals surface area contributed by atoms with Gasteiger partial charge in [0.1, 0.15) is 6.04 Å². The van der Waals surface area contributed by atoms with E-state index in [0.29, 0.717) is 12.3 Å². The molecule has 0 bridgehead atoms. The number of carboxylic acid groups (broad SMARTS) is 1. The molecular weight excluding hydrogens is 250 g/mol. The molecule has 2 atom stereocenters. The zero-order valence-electron chi connectivity index (χ0n) is 12.6. The van der Waals surface area contributed by atoms with Gasteiger partial charge in [0.2, 0.25) is 0 Å². The maximum atomic E-state index is 11.4. The van der Waals surface area contributed by atoms with Gasteiger partial charge in [-0.15, -0.1) is 0 Å². The Labute approximate surface area is 122 Å². The van der Waals surface area contributed by atoms with E-state index in [1.54, 1.807) is 0 Å². The van der Waals surface area contributed by atoms with Gasteiger partial charge in [-0.2, -0.15) is 0 Å².